The Morgan fingerprint density at radius 2 is 1.57 bits per heavy atom. The van der Waals surface area contributed by atoms with Gasteiger partial charge in [-0.25, -0.2) is 4.79 Å². The molecule has 2 aliphatic heterocycles. The van der Waals surface area contributed by atoms with Crippen LogP contribution < -0.4 is 0 Å². The molecule has 0 bridgehead atoms. The van der Waals surface area contributed by atoms with Crippen LogP contribution in [0.4, 0.5) is 0 Å². The van der Waals surface area contributed by atoms with Crippen LogP contribution in [0.2, 0.25) is 0 Å². The first kappa shape index (κ1) is 22.0. The minimum Gasteiger partial charge on any atom is -0.454 e. The Kier molecular flexibility index (Phi) is 6.58. The maximum absolute atomic E-state index is 12.9. The number of hydrogen-bond acceptors (Lipinski definition) is 5. The summed E-state index contributed by atoms with van der Waals surface area (Å²) >= 11 is 0. The van der Waals surface area contributed by atoms with Gasteiger partial charge in [0.2, 0.25) is 0 Å². The first-order chi connectivity index (χ1) is 14.2. The molecule has 3 rings (SSSR count). The van der Waals surface area contributed by atoms with E-state index in [1.165, 1.54) is 0 Å². The largest absolute Gasteiger partial charge is 0.454 e. The van der Waals surface area contributed by atoms with Crippen LogP contribution in [0, 0.1) is 17.8 Å². The fourth-order valence-corrected chi connectivity index (χ4v) is 4.43. The second kappa shape index (κ2) is 8.98. The smallest absolute Gasteiger partial charge is 0.329 e. The number of likely N-dealkylation sites (tertiary alicyclic amines) is 1. The lowest BCUT2D eigenvalue weighted by Crippen LogP contribution is -2.48. The highest BCUT2D eigenvalue weighted by molar-refractivity contribution is 6.22. The number of ether oxygens (including phenoxy) is 1. The summed E-state index contributed by atoms with van der Waals surface area (Å²) < 4.78 is 5.32. The number of piperidine rings is 1. The lowest BCUT2D eigenvalue weighted by Gasteiger charge is -2.35. The third-order valence-corrected chi connectivity index (χ3v) is 5.66. The number of rotatable bonds is 6. The lowest BCUT2D eigenvalue weighted by atomic mass is 9.92. The minimum atomic E-state index is -1.05. The predicted octanol–water partition coefficient (Wildman–Crippen LogP) is 2.75. The third kappa shape index (κ3) is 4.55. The van der Waals surface area contributed by atoms with Crippen molar-refractivity contribution in [1.82, 2.24) is 9.80 Å². The van der Waals surface area contributed by atoms with E-state index in [1.54, 1.807) is 29.2 Å². The number of fused-ring (bicyclic) bond motifs is 1. The van der Waals surface area contributed by atoms with Gasteiger partial charge in [-0.1, -0.05) is 39.8 Å². The monoisotopic (exact) mass is 414 g/mol. The number of nitrogens with zero attached hydrogens (tertiary/aromatic N) is 2. The molecule has 0 spiro atoms. The summed E-state index contributed by atoms with van der Waals surface area (Å²) in [6.07, 6.45) is 1.34. The highest BCUT2D eigenvalue weighted by Crippen LogP contribution is 2.27. The lowest BCUT2D eigenvalue weighted by molar-refractivity contribution is -0.156. The van der Waals surface area contributed by atoms with Crippen molar-refractivity contribution in [2.45, 2.75) is 46.6 Å². The summed E-state index contributed by atoms with van der Waals surface area (Å²) in [6, 6.07) is 5.47. The molecule has 7 heteroatoms. The van der Waals surface area contributed by atoms with Crippen molar-refractivity contribution in [3.63, 3.8) is 0 Å². The predicted molar refractivity (Wildman–Crippen MR) is 111 cm³/mol. The molecule has 0 N–H and O–H groups in total. The second-order valence-electron chi connectivity index (χ2n) is 9.02. The Labute approximate surface area is 177 Å². The van der Waals surface area contributed by atoms with Gasteiger partial charge in [-0.2, -0.15) is 0 Å². The van der Waals surface area contributed by atoms with E-state index >= 15 is 0 Å². The van der Waals surface area contributed by atoms with E-state index in [0.717, 1.165) is 11.3 Å². The van der Waals surface area contributed by atoms with E-state index in [2.05, 4.69) is 13.8 Å². The SMILES string of the molecule is CC(C)CC(C(=O)OCC(=O)N1CC(C)CC(C)C1)N1C(=O)c2ccccc2C1=O. The van der Waals surface area contributed by atoms with Gasteiger partial charge in [0.25, 0.3) is 17.7 Å². The van der Waals surface area contributed by atoms with Crippen molar-refractivity contribution in [3.8, 4) is 0 Å². The van der Waals surface area contributed by atoms with Gasteiger partial charge in [0.05, 0.1) is 11.1 Å². The summed E-state index contributed by atoms with van der Waals surface area (Å²) in [4.78, 5) is 53.8. The maximum Gasteiger partial charge on any atom is 0.329 e. The van der Waals surface area contributed by atoms with Crippen LogP contribution >= 0.6 is 0 Å². The molecule has 3 unspecified atom stereocenters. The molecule has 0 aromatic heterocycles. The molecule has 3 amide bonds. The zero-order valence-corrected chi connectivity index (χ0v) is 18.1. The van der Waals surface area contributed by atoms with E-state index in [9.17, 15) is 19.2 Å². The van der Waals surface area contributed by atoms with Crippen LogP contribution in [-0.2, 0) is 14.3 Å². The molecule has 0 aliphatic carbocycles. The number of carbonyl (C=O) groups is 4. The van der Waals surface area contributed by atoms with Gasteiger partial charge in [-0.15, -0.1) is 0 Å². The molecule has 1 fully saturated rings. The zero-order chi connectivity index (χ0) is 22.0. The number of amides is 3. The van der Waals surface area contributed by atoms with Crippen LogP contribution in [0.25, 0.3) is 0 Å². The van der Waals surface area contributed by atoms with Gasteiger partial charge in [-0.3, -0.25) is 19.3 Å². The molecular formula is C23H30N2O5. The van der Waals surface area contributed by atoms with Gasteiger partial charge >= 0.3 is 5.97 Å². The van der Waals surface area contributed by atoms with Gasteiger partial charge in [0.1, 0.15) is 6.04 Å². The number of hydrogen-bond donors (Lipinski definition) is 0. The Morgan fingerprint density at radius 1 is 1.03 bits per heavy atom. The van der Waals surface area contributed by atoms with Crippen molar-refractivity contribution < 1.29 is 23.9 Å². The quantitative estimate of drug-likeness (QED) is 0.528. The van der Waals surface area contributed by atoms with E-state index in [-0.39, 0.29) is 36.0 Å². The van der Waals surface area contributed by atoms with Gasteiger partial charge in [-0.05, 0) is 42.7 Å². The van der Waals surface area contributed by atoms with Crippen molar-refractivity contribution >= 4 is 23.7 Å². The molecular weight excluding hydrogens is 384 g/mol. The molecule has 3 atom stereocenters. The van der Waals surface area contributed by atoms with Crippen molar-refractivity contribution in [3.05, 3.63) is 35.4 Å². The van der Waals surface area contributed by atoms with E-state index in [4.69, 9.17) is 4.74 Å². The minimum absolute atomic E-state index is 0.0476. The average molecular weight is 415 g/mol. The molecule has 7 nitrogen and oxygen atoms in total. The normalized spacial score (nSPS) is 22.3. The van der Waals surface area contributed by atoms with Crippen LogP contribution in [-0.4, -0.2) is 59.2 Å². The summed E-state index contributed by atoms with van der Waals surface area (Å²) in [7, 11) is 0. The van der Waals surface area contributed by atoms with E-state index in [1.807, 2.05) is 13.8 Å². The van der Waals surface area contributed by atoms with Crippen molar-refractivity contribution in [2.75, 3.05) is 19.7 Å². The first-order valence-electron chi connectivity index (χ1n) is 10.6. The number of imide groups is 1. The summed E-state index contributed by atoms with van der Waals surface area (Å²) in [5, 5.41) is 0. The molecule has 30 heavy (non-hydrogen) atoms. The summed E-state index contributed by atoms with van der Waals surface area (Å²) in [5.41, 5.74) is 0.577. The maximum atomic E-state index is 12.9. The molecule has 2 aliphatic rings. The summed E-state index contributed by atoms with van der Waals surface area (Å²) in [6.45, 7) is 8.92. The van der Waals surface area contributed by atoms with E-state index in [0.29, 0.717) is 24.9 Å². The molecule has 2 heterocycles. The molecule has 0 saturated carbocycles. The molecule has 1 aromatic carbocycles. The van der Waals surface area contributed by atoms with Crippen molar-refractivity contribution in [1.29, 1.82) is 0 Å². The van der Waals surface area contributed by atoms with Gasteiger partial charge in [0.15, 0.2) is 6.61 Å². The van der Waals surface area contributed by atoms with Gasteiger partial charge in [0, 0.05) is 13.1 Å². The standard InChI is InChI=1S/C23H30N2O5/c1-14(2)9-19(25-21(27)17-7-5-6-8-18(17)22(25)28)23(29)30-13-20(26)24-11-15(3)10-16(4)12-24/h5-8,14-16,19H,9-13H2,1-4H3. The van der Waals surface area contributed by atoms with Crippen molar-refractivity contribution in [2.24, 2.45) is 17.8 Å². The van der Waals surface area contributed by atoms with Crippen LogP contribution in [0.1, 0.15) is 61.3 Å². The van der Waals surface area contributed by atoms with E-state index < -0.39 is 23.8 Å². The number of esters is 1. The molecule has 0 radical (unpaired) electrons. The molecule has 162 valence electrons. The Balaban J connectivity index is 1.70. The summed E-state index contributed by atoms with van der Waals surface area (Å²) in [5.74, 6) is -1.10. The first-order valence-corrected chi connectivity index (χ1v) is 10.6. The van der Waals surface area contributed by atoms with Gasteiger partial charge < -0.3 is 9.64 Å². The average Bonchev–Trinajstić information content (AvgIpc) is 2.94. The molecule has 1 saturated heterocycles. The topological polar surface area (TPSA) is 84.0 Å². The highest BCUT2D eigenvalue weighted by Gasteiger charge is 2.43. The molecule has 1 aromatic rings. The zero-order valence-electron chi connectivity index (χ0n) is 18.1. The fraction of sp³-hybridized carbons (Fsp3) is 0.565. The Hall–Kier alpha value is -2.70. The third-order valence-electron chi connectivity index (χ3n) is 5.66. The highest BCUT2D eigenvalue weighted by atomic mass is 16.5. The van der Waals surface area contributed by atoms with Crippen LogP contribution in [0.3, 0.4) is 0 Å². The van der Waals surface area contributed by atoms with Crippen LogP contribution in [0.5, 0.6) is 0 Å². The van der Waals surface area contributed by atoms with Crippen LogP contribution in [0.15, 0.2) is 24.3 Å². The fourth-order valence-electron chi connectivity index (χ4n) is 4.43. The second-order valence-corrected chi connectivity index (χ2v) is 9.02. The Bertz CT molecular complexity index is 805. The Morgan fingerprint density at radius 3 is 2.07 bits per heavy atom. The number of carbonyl (C=O) groups excluding carboxylic acids is 4. The number of benzene rings is 1.